The van der Waals surface area contributed by atoms with Gasteiger partial charge in [-0.2, -0.15) is 0 Å². The molecule has 3 saturated heterocycles. The minimum absolute atomic E-state index is 0.0389. The number of rotatable bonds is 4. The number of β-amino-alcohol motifs (C(OH)–C–C–N with tert-alkyl or cyclic N) is 1. The highest BCUT2D eigenvalue weighted by molar-refractivity contribution is 5.86. The molecule has 4 rings (SSSR count). The summed E-state index contributed by atoms with van der Waals surface area (Å²) in [6.07, 6.45) is 9.51. The normalized spacial score (nSPS) is 33.9. The summed E-state index contributed by atoms with van der Waals surface area (Å²) < 4.78 is 11.6. The number of carbonyl (C=O) groups excluding carboxylic acids is 1. The first-order valence-corrected chi connectivity index (χ1v) is 10.6. The van der Waals surface area contributed by atoms with Gasteiger partial charge in [0.25, 0.3) is 5.91 Å². The van der Waals surface area contributed by atoms with Gasteiger partial charge in [-0.1, -0.05) is 19.3 Å². The van der Waals surface area contributed by atoms with E-state index < -0.39 is 11.4 Å². The highest BCUT2D eigenvalue weighted by atomic mass is 16.7. The molecule has 1 saturated carbocycles. The van der Waals surface area contributed by atoms with Gasteiger partial charge in [0.2, 0.25) is 0 Å². The summed E-state index contributed by atoms with van der Waals surface area (Å²) in [4.78, 5) is 17.2. The van der Waals surface area contributed by atoms with Gasteiger partial charge in [-0.3, -0.25) is 9.69 Å². The molecule has 1 atom stereocenters. The lowest BCUT2D eigenvalue weighted by Gasteiger charge is -2.44. The maximum Gasteiger partial charge on any atom is 0.255 e. The lowest BCUT2D eigenvalue weighted by molar-refractivity contribution is -0.191. The van der Waals surface area contributed by atoms with Crippen molar-refractivity contribution in [2.45, 2.75) is 69.2 Å². The van der Waals surface area contributed by atoms with Crippen molar-refractivity contribution < 1.29 is 19.4 Å². The van der Waals surface area contributed by atoms with Crippen LogP contribution in [0.5, 0.6) is 0 Å². The van der Waals surface area contributed by atoms with Crippen LogP contribution in [0.25, 0.3) is 0 Å². The van der Waals surface area contributed by atoms with Gasteiger partial charge in [-0.25, -0.2) is 0 Å². The van der Waals surface area contributed by atoms with Crippen molar-refractivity contribution in [3.05, 3.63) is 0 Å². The van der Waals surface area contributed by atoms with Crippen molar-refractivity contribution in [1.29, 1.82) is 0 Å². The maximum atomic E-state index is 13.0. The van der Waals surface area contributed by atoms with E-state index in [1.165, 1.54) is 32.1 Å². The number of piperidine rings is 2. The molecule has 26 heavy (non-hydrogen) atoms. The van der Waals surface area contributed by atoms with E-state index in [9.17, 15) is 9.90 Å². The van der Waals surface area contributed by atoms with Gasteiger partial charge >= 0.3 is 0 Å². The SMILES string of the molecule is O=C1N(CC2CCCCC2)CCC[C@@]1(O)CN1CCC2(CC1)OCCO2. The minimum Gasteiger partial charge on any atom is -0.379 e. The summed E-state index contributed by atoms with van der Waals surface area (Å²) in [6, 6.07) is 0. The Morgan fingerprint density at radius 1 is 0.962 bits per heavy atom. The number of amides is 1. The number of nitrogens with zero attached hydrogens (tertiary/aromatic N) is 2. The Morgan fingerprint density at radius 2 is 1.65 bits per heavy atom. The van der Waals surface area contributed by atoms with Crippen LogP contribution in [0.1, 0.15) is 57.8 Å². The van der Waals surface area contributed by atoms with E-state index >= 15 is 0 Å². The number of hydrogen-bond acceptors (Lipinski definition) is 5. The molecule has 0 radical (unpaired) electrons. The highest BCUT2D eigenvalue weighted by Gasteiger charge is 2.46. The number of likely N-dealkylation sites (tertiary alicyclic amines) is 2. The molecule has 0 aromatic rings. The summed E-state index contributed by atoms with van der Waals surface area (Å²) in [7, 11) is 0. The Kier molecular flexibility index (Phi) is 5.56. The Balaban J connectivity index is 1.32. The Labute approximate surface area is 156 Å². The summed E-state index contributed by atoms with van der Waals surface area (Å²) in [5, 5.41) is 11.2. The third-order valence-corrected chi connectivity index (χ3v) is 6.82. The molecule has 4 aliphatic rings. The molecule has 0 bridgehead atoms. The van der Waals surface area contributed by atoms with E-state index in [-0.39, 0.29) is 5.91 Å². The van der Waals surface area contributed by atoms with Crippen LogP contribution >= 0.6 is 0 Å². The maximum absolute atomic E-state index is 13.0. The third-order valence-electron chi connectivity index (χ3n) is 6.82. The molecule has 1 spiro atoms. The van der Waals surface area contributed by atoms with E-state index in [0.29, 0.717) is 32.1 Å². The first kappa shape index (κ1) is 18.7. The first-order chi connectivity index (χ1) is 12.6. The van der Waals surface area contributed by atoms with E-state index in [2.05, 4.69) is 4.90 Å². The van der Waals surface area contributed by atoms with Crippen LogP contribution in [0.4, 0.5) is 0 Å². The predicted molar refractivity (Wildman–Crippen MR) is 97.6 cm³/mol. The predicted octanol–water partition coefficient (Wildman–Crippen LogP) is 1.76. The van der Waals surface area contributed by atoms with Crippen molar-refractivity contribution >= 4 is 5.91 Å². The smallest absolute Gasteiger partial charge is 0.255 e. The molecule has 3 aliphatic heterocycles. The zero-order chi connectivity index (χ0) is 18.0. The van der Waals surface area contributed by atoms with Crippen molar-refractivity contribution in [2.75, 3.05) is 45.9 Å². The first-order valence-electron chi connectivity index (χ1n) is 10.6. The molecular formula is C20H34N2O4. The Bertz CT molecular complexity index is 492. The van der Waals surface area contributed by atoms with Crippen molar-refractivity contribution in [3.8, 4) is 0 Å². The second-order valence-electron chi connectivity index (χ2n) is 8.77. The lowest BCUT2D eigenvalue weighted by atomic mass is 9.86. The average Bonchev–Trinajstić information content (AvgIpc) is 3.11. The number of hydrogen-bond donors (Lipinski definition) is 1. The fourth-order valence-corrected chi connectivity index (χ4v) is 5.27. The Morgan fingerprint density at radius 3 is 2.35 bits per heavy atom. The number of ether oxygens (including phenoxy) is 2. The summed E-state index contributed by atoms with van der Waals surface area (Å²) in [5.41, 5.74) is -1.21. The average molecular weight is 367 g/mol. The molecule has 0 aromatic carbocycles. The fraction of sp³-hybridized carbons (Fsp3) is 0.950. The highest BCUT2D eigenvalue weighted by Crippen LogP contribution is 2.33. The molecule has 6 nitrogen and oxygen atoms in total. The second-order valence-corrected chi connectivity index (χ2v) is 8.77. The fourth-order valence-electron chi connectivity index (χ4n) is 5.27. The number of aliphatic hydroxyl groups is 1. The van der Waals surface area contributed by atoms with E-state index in [0.717, 1.165) is 45.4 Å². The van der Waals surface area contributed by atoms with Gasteiger partial charge in [0.15, 0.2) is 11.4 Å². The van der Waals surface area contributed by atoms with E-state index in [1.54, 1.807) is 0 Å². The monoisotopic (exact) mass is 366 g/mol. The summed E-state index contributed by atoms with van der Waals surface area (Å²) >= 11 is 0. The summed E-state index contributed by atoms with van der Waals surface area (Å²) in [5.74, 6) is 0.187. The molecule has 1 aliphatic carbocycles. The molecule has 148 valence electrons. The van der Waals surface area contributed by atoms with Crippen molar-refractivity contribution in [2.24, 2.45) is 5.92 Å². The van der Waals surface area contributed by atoms with E-state index in [1.807, 2.05) is 4.90 Å². The Hall–Kier alpha value is -0.690. The second kappa shape index (κ2) is 7.74. The minimum atomic E-state index is -1.21. The van der Waals surface area contributed by atoms with Crippen LogP contribution in [0.15, 0.2) is 0 Å². The van der Waals surface area contributed by atoms with Gasteiger partial charge in [-0.15, -0.1) is 0 Å². The van der Waals surface area contributed by atoms with Gasteiger partial charge in [-0.05, 0) is 31.6 Å². The molecule has 1 N–H and O–H groups in total. The van der Waals surface area contributed by atoms with Crippen molar-refractivity contribution in [3.63, 3.8) is 0 Å². The third kappa shape index (κ3) is 3.93. The van der Waals surface area contributed by atoms with E-state index in [4.69, 9.17) is 9.47 Å². The topological polar surface area (TPSA) is 62.2 Å². The van der Waals surface area contributed by atoms with Crippen LogP contribution in [-0.2, 0) is 14.3 Å². The molecule has 0 aromatic heterocycles. The molecule has 1 amide bonds. The zero-order valence-corrected chi connectivity index (χ0v) is 16.0. The zero-order valence-electron chi connectivity index (χ0n) is 16.0. The summed E-state index contributed by atoms with van der Waals surface area (Å²) in [6.45, 7) is 5.09. The number of carbonyl (C=O) groups is 1. The quantitative estimate of drug-likeness (QED) is 0.821. The molecule has 3 heterocycles. The van der Waals surface area contributed by atoms with Gasteiger partial charge in [0.1, 0.15) is 0 Å². The molecule has 6 heteroatoms. The lowest BCUT2D eigenvalue weighted by Crippen LogP contribution is -2.60. The standard InChI is InChI=1S/C20H34N2O4/c23-18-19(24,7-4-10-22(18)15-17-5-2-1-3-6-17)16-21-11-8-20(9-12-21)25-13-14-26-20/h17,24H,1-16H2/t19-/m1/s1. The van der Waals surface area contributed by atoms with Gasteiger partial charge in [0, 0.05) is 45.6 Å². The van der Waals surface area contributed by atoms with Crippen LogP contribution < -0.4 is 0 Å². The molecule has 4 fully saturated rings. The molecule has 0 unspecified atom stereocenters. The van der Waals surface area contributed by atoms with Gasteiger partial charge in [0.05, 0.1) is 13.2 Å². The molecular weight excluding hydrogens is 332 g/mol. The van der Waals surface area contributed by atoms with Gasteiger partial charge < -0.3 is 19.5 Å². The van der Waals surface area contributed by atoms with Crippen LogP contribution in [-0.4, -0.2) is 78.1 Å². The van der Waals surface area contributed by atoms with Crippen LogP contribution in [0.3, 0.4) is 0 Å². The van der Waals surface area contributed by atoms with Crippen LogP contribution in [0, 0.1) is 5.92 Å². The largest absolute Gasteiger partial charge is 0.379 e. The van der Waals surface area contributed by atoms with Crippen LogP contribution in [0.2, 0.25) is 0 Å². The van der Waals surface area contributed by atoms with Crippen molar-refractivity contribution in [1.82, 2.24) is 9.80 Å².